The number of rotatable bonds is 5. The van der Waals surface area contributed by atoms with Gasteiger partial charge in [-0.1, -0.05) is 0 Å². The SMILES string of the molecule is Fc1ccc2c(c1CNc1ncc(C3CCN(CC(F)(F)F)CC3)c3nncn13)CCO2. The number of fused-ring (bicyclic) bond motifs is 2. The largest absolute Gasteiger partial charge is 0.493 e. The molecular formula is C21H22F4N6O. The van der Waals surface area contributed by atoms with E-state index in [1.165, 1.54) is 17.3 Å². The van der Waals surface area contributed by atoms with Gasteiger partial charge in [0, 0.05) is 35.9 Å². The Morgan fingerprint density at radius 3 is 2.78 bits per heavy atom. The molecule has 2 aromatic heterocycles. The van der Waals surface area contributed by atoms with E-state index in [2.05, 4.69) is 20.5 Å². The van der Waals surface area contributed by atoms with Crippen molar-refractivity contribution in [2.75, 3.05) is 31.6 Å². The van der Waals surface area contributed by atoms with E-state index in [0.29, 0.717) is 61.9 Å². The summed E-state index contributed by atoms with van der Waals surface area (Å²) in [5, 5.41) is 11.4. The van der Waals surface area contributed by atoms with Crippen molar-refractivity contribution in [2.45, 2.75) is 37.9 Å². The molecule has 0 radical (unpaired) electrons. The lowest BCUT2D eigenvalue weighted by molar-refractivity contribution is -0.147. The van der Waals surface area contributed by atoms with E-state index in [1.54, 1.807) is 16.7 Å². The number of hydrogen-bond donors (Lipinski definition) is 1. The van der Waals surface area contributed by atoms with E-state index in [0.717, 1.165) is 11.1 Å². The zero-order chi connectivity index (χ0) is 22.3. The standard InChI is InChI=1S/C21H22F4N6O/c22-17-1-2-18-14(5-8-32-18)16(17)10-27-20-26-9-15(19-29-28-12-31(19)20)13-3-6-30(7-4-13)11-21(23,24)25/h1-2,9,12-13H,3-8,10-11H2,(H,26,27). The van der Waals surface area contributed by atoms with Gasteiger partial charge in [0.15, 0.2) is 5.65 Å². The Balaban J connectivity index is 1.32. The summed E-state index contributed by atoms with van der Waals surface area (Å²) >= 11 is 0. The number of nitrogens with zero attached hydrogens (tertiary/aromatic N) is 5. The molecule has 0 bridgehead atoms. The number of alkyl halides is 3. The molecule has 0 saturated carbocycles. The summed E-state index contributed by atoms with van der Waals surface area (Å²) < 4.78 is 59.6. The lowest BCUT2D eigenvalue weighted by Crippen LogP contribution is -2.39. The van der Waals surface area contributed by atoms with Crippen LogP contribution in [0.5, 0.6) is 5.75 Å². The Morgan fingerprint density at radius 2 is 2.00 bits per heavy atom. The number of benzene rings is 1. The van der Waals surface area contributed by atoms with Gasteiger partial charge >= 0.3 is 6.18 Å². The molecule has 1 aromatic carbocycles. The van der Waals surface area contributed by atoms with Crippen LogP contribution in [0.4, 0.5) is 23.5 Å². The Kier molecular flexibility index (Phi) is 5.36. The average molecular weight is 450 g/mol. The van der Waals surface area contributed by atoms with E-state index in [1.807, 2.05) is 0 Å². The van der Waals surface area contributed by atoms with Gasteiger partial charge < -0.3 is 10.1 Å². The molecule has 0 amide bonds. The fourth-order valence-corrected chi connectivity index (χ4v) is 4.59. The van der Waals surface area contributed by atoms with Gasteiger partial charge in [-0.15, -0.1) is 10.2 Å². The second kappa shape index (κ2) is 8.19. The van der Waals surface area contributed by atoms with Crippen molar-refractivity contribution in [2.24, 2.45) is 0 Å². The lowest BCUT2D eigenvalue weighted by atomic mass is 9.91. The highest BCUT2D eigenvalue weighted by Gasteiger charge is 2.33. The quantitative estimate of drug-likeness (QED) is 0.600. The minimum Gasteiger partial charge on any atom is -0.493 e. The molecule has 11 heteroatoms. The molecule has 4 heterocycles. The molecule has 0 unspecified atom stereocenters. The number of halogens is 4. The summed E-state index contributed by atoms with van der Waals surface area (Å²) in [7, 11) is 0. The minimum absolute atomic E-state index is 0.0553. The number of nitrogens with one attached hydrogen (secondary N) is 1. The molecule has 1 fully saturated rings. The van der Waals surface area contributed by atoms with Crippen LogP contribution < -0.4 is 10.1 Å². The molecule has 5 rings (SSSR count). The molecule has 0 spiro atoms. The molecule has 7 nitrogen and oxygen atoms in total. The van der Waals surface area contributed by atoms with Crippen LogP contribution in [0.2, 0.25) is 0 Å². The highest BCUT2D eigenvalue weighted by molar-refractivity contribution is 5.53. The van der Waals surface area contributed by atoms with Crippen molar-refractivity contribution >= 4 is 11.6 Å². The smallest absolute Gasteiger partial charge is 0.401 e. The van der Waals surface area contributed by atoms with Crippen molar-refractivity contribution < 1.29 is 22.3 Å². The number of piperidine rings is 1. The van der Waals surface area contributed by atoms with Crippen LogP contribution in [0.3, 0.4) is 0 Å². The highest BCUT2D eigenvalue weighted by atomic mass is 19.4. The predicted molar refractivity (Wildman–Crippen MR) is 108 cm³/mol. The minimum atomic E-state index is -4.19. The van der Waals surface area contributed by atoms with Crippen molar-refractivity contribution in [1.82, 2.24) is 24.5 Å². The van der Waals surface area contributed by atoms with E-state index in [4.69, 9.17) is 4.74 Å². The van der Waals surface area contributed by atoms with Gasteiger partial charge in [0.2, 0.25) is 5.95 Å². The maximum absolute atomic E-state index is 14.4. The van der Waals surface area contributed by atoms with Gasteiger partial charge in [0.05, 0.1) is 13.2 Å². The molecule has 0 aliphatic carbocycles. The summed E-state index contributed by atoms with van der Waals surface area (Å²) in [6.45, 7) is 0.617. The van der Waals surface area contributed by atoms with E-state index >= 15 is 0 Å². The first kappa shape index (κ1) is 20.9. The summed E-state index contributed by atoms with van der Waals surface area (Å²) in [4.78, 5) is 5.92. The van der Waals surface area contributed by atoms with Crippen molar-refractivity contribution in [3.05, 3.63) is 47.2 Å². The van der Waals surface area contributed by atoms with E-state index < -0.39 is 12.7 Å². The normalized spacial score (nSPS) is 17.5. The molecule has 3 aromatic rings. The molecule has 2 aliphatic rings. The van der Waals surface area contributed by atoms with Gasteiger partial charge in [-0.05, 0) is 44.0 Å². The molecule has 170 valence electrons. The third-order valence-electron chi connectivity index (χ3n) is 6.15. The number of hydrogen-bond acceptors (Lipinski definition) is 6. The molecule has 1 N–H and O–H groups in total. The summed E-state index contributed by atoms with van der Waals surface area (Å²) in [5.41, 5.74) is 2.88. The van der Waals surface area contributed by atoms with Crippen molar-refractivity contribution in [1.29, 1.82) is 0 Å². The average Bonchev–Trinajstić information content (AvgIpc) is 3.42. The molecule has 32 heavy (non-hydrogen) atoms. The monoisotopic (exact) mass is 450 g/mol. The van der Waals surface area contributed by atoms with Crippen LogP contribution in [0.1, 0.15) is 35.4 Å². The van der Waals surface area contributed by atoms with Crippen molar-refractivity contribution in [3.63, 3.8) is 0 Å². The van der Waals surface area contributed by atoms with E-state index in [9.17, 15) is 17.6 Å². The first-order valence-corrected chi connectivity index (χ1v) is 10.5. The van der Waals surface area contributed by atoms with Crippen LogP contribution in [-0.2, 0) is 13.0 Å². The Labute approximate surface area is 181 Å². The highest BCUT2D eigenvalue weighted by Crippen LogP contribution is 2.33. The number of likely N-dealkylation sites (tertiary alicyclic amines) is 1. The van der Waals surface area contributed by atoms with Gasteiger partial charge in [-0.2, -0.15) is 13.2 Å². The zero-order valence-corrected chi connectivity index (χ0v) is 17.2. The second-order valence-electron chi connectivity index (χ2n) is 8.18. The van der Waals surface area contributed by atoms with Crippen LogP contribution in [0.15, 0.2) is 24.7 Å². The van der Waals surface area contributed by atoms with Crippen LogP contribution in [0.25, 0.3) is 5.65 Å². The first-order chi connectivity index (χ1) is 15.4. The Bertz CT molecular complexity index is 1120. The van der Waals surface area contributed by atoms with Crippen LogP contribution in [-0.4, -0.2) is 56.9 Å². The maximum Gasteiger partial charge on any atom is 0.401 e. The number of ether oxygens (including phenoxy) is 1. The van der Waals surface area contributed by atoms with Gasteiger partial charge in [0.25, 0.3) is 0 Å². The summed E-state index contributed by atoms with van der Waals surface area (Å²) in [6.07, 6.45) is 0.883. The molecule has 2 aliphatic heterocycles. The first-order valence-electron chi connectivity index (χ1n) is 10.5. The van der Waals surface area contributed by atoms with E-state index in [-0.39, 0.29) is 18.3 Å². The van der Waals surface area contributed by atoms with Crippen LogP contribution >= 0.6 is 0 Å². The fraction of sp³-hybridized carbons (Fsp3) is 0.476. The lowest BCUT2D eigenvalue weighted by Gasteiger charge is -2.32. The van der Waals surface area contributed by atoms with Gasteiger partial charge in [-0.25, -0.2) is 9.37 Å². The van der Waals surface area contributed by atoms with Gasteiger partial charge in [-0.3, -0.25) is 9.30 Å². The maximum atomic E-state index is 14.4. The molecular weight excluding hydrogens is 428 g/mol. The number of aromatic nitrogens is 4. The van der Waals surface area contributed by atoms with Gasteiger partial charge in [0.1, 0.15) is 17.9 Å². The second-order valence-corrected chi connectivity index (χ2v) is 8.18. The number of anilines is 1. The Hall–Kier alpha value is -2.95. The Morgan fingerprint density at radius 1 is 1.19 bits per heavy atom. The predicted octanol–water partition coefficient (Wildman–Crippen LogP) is 3.55. The summed E-state index contributed by atoms with van der Waals surface area (Å²) in [6, 6.07) is 3.05. The van der Waals surface area contributed by atoms with Crippen LogP contribution in [0, 0.1) is 5.82 Å². The third kappa shape index (κ3) is 4.08. The molecule has 0 atom stereocenters. The zero-order valence-electron chi connectivity index (χ0n) is 17.2. The summed E-state index contributed by atoms with van der Waals surface area (Å²) in [5.74, 6) is 0.931. The fourth-order valence-electron chi connectivity index (χ4n) is 4.59. The third-order valence-corrected chi connectivity index (χ3v) is 6.15. The topological polar surface area (TPSA) is 67.6 Å². The molecule has 1 saturated heterocycles. The van der Waals surface area contributed by atoms with Crippen molar-refractivity contribution in [3.8, 4) is 5.75 Å².